The molecule has 0 aliphatic carbocycles. The number of aromatic nitrogens is 1. The van der Waals surface area contributed by atoms with Gasteiger partial charge in [0.1, 0.15) is 0 Å². The molecule has 3 nitrogen and oxygen atoms in total. The van der Waals surface area contributed by atoms with Gasteiger partial charge in [0.05, 0.1) is 11.4 Å². The maximum absolute atomic E-state index is 4.64. The Balaban J connectivity index is 1.51. The van der Waals surface area contributed by atoms with Crippen molar-refractivity contribution >= 4 is 45.6 Å². The molecule has 0 bridgehead atoms. The van der Waals surface area contributed by atoms with Crippen LogP contribution in [0.25, 0.3) is 21.8 Å². The number of hydrogen-bond donors (Lipinski definition) is 1. The lowest BCUT2D eigenvalue weighted by Gasteiger charge is -1.98. The lowest BCUT2D eigenvalue weighted by atomic mass is 10.1. The number of nitrogens with zero attached hydrogens (tertiary/aromatic N) is 2. The largest absolute Gasteiger partial charge is 0.355 e. The van der Waals surface area contributed by atoms with E-state index in [0.29, 0.717) is 0 Å². The minimum Gasteiger partial charge on any atom is -0.355 e. The summed E-state index contributed by atoms with van der Waals surface area (Å²) in [5.41, 5.74) is 6.24. The van der Waals surface area contributed by atoms with Crippen molar-refractivity contribution in [2.24, 2.45) is 9.98 Å². The fourth-order valence-corrected chi connectivity index (χ4v) is 3.41. The van der Waals surface area contributed by atoms with E-state index in [0.717, 1.165) is 44.3 Å². The highest BCUT2D eigenvalue weighted by atomic mass is 14.7. The third-order valence-corrected chi connectivity index (χ3v) is 4.89. The van der Waals surface area contributed by atoms with Crippen molar-refractivity contribution in [1.29, 1.82) is 0 Å². The number of benzene rings is 4. The highest BCUT2D eigenvalue weighted by molar-refractivity contribution is 6.09. The SMILES string of the molecule is C(=Nc1ccc2[nH]c3ccc(N=Cc4ccccc4)cc3c2c1)c1ccccc1. The second-order valence-corrected chi connectivity index (χ2v) is 6.92. The third-order valence-electron chi connectivity index (χ3n) is 4.89. The average molecular weight is 373 g/mol. The van der Waals surface area contributed by atoms with Crippen LogP contribution < -0.4 is 0 Å². The summed E-state index contributed by atoms with van der Waals surface area (Å²) in [4.78, 5) is 12.8. The highest BCUT2D eigenvalue weighted by Crippen LogP contribution is 2.31. The monoisotopic (exact) mass is 373 g/mol. The van der Waals surface area contributed by atoms with Crippen molar-refractivity contribution in [3.05, 3.63) is 108 Å². The summed E-state index contributed by atoms with van der Waals surface area (Å²) < 4.78 is 0. The van der Waals surface area contributed by atoms with E-state index in [2.05, 4.69) is 39.2 Å². The number of rotatable bonds is 4. The van der Waals surface area contributed by atoms with E-state index in [1.807, 2.05) is 85.2 Å². The van der Waals surface area contributed by atoms with Crippen LogP contribution in [0, 0.1) is 0 Å². The third kappa shape index (κ3) is 3.71. The Morgan fingerprint density at radius 3 is 1.41 bits per heavy atom. The van der Waals surface area contributed by atoms with Gasteiger partial charge in [-0.3, -0.25) is 9.98 Å². The van der Waals surface area contributed by atoms with Crippen molar-refractivity contribution in [3.63, 3.8) is 0 Å². The van der Waals surface area contributed by atoms with Crippen LogP contribution in [0.3, 0.4) is 0 Å². The zero-order valence-electron chi connectivity index (χ0n) is 15.8. The Bertz CT molecular complexity index is 1230. The fraction of sp³-hybridized carbons (Fsp3) is 0. The van der Waals surface area contributed by atoms with Gasteiger partial charge in [-0.05, 0) is 47.5 Å². The highest BCUT2D eigenvalue weighted by Gasteiger charge is 2.06. The molecule has 1 N–H and O–H groups in total. The summed E-state index contributed by atoms with van der Waals surface area (Å²) in [5.74, 6) is 0. The number of aromatic amines is 1. The first-order chi connectivity index (χ1) is 14.3. The molecule has 5 aromatic rings. The Hall–Kier alpha value is -3.98. The normalized spacial score (nSPS) is 11.9. The minimum absolute atomic E-state index is 0.931. The molecule has 5 rings (SSSR count). The van der Waals surface area contributed by atoms with Crippen LogP contribution in [-0.2, 0) is 0 Å². The van der Waals surface area contributed by atoms with Gasteiger partial charge in [-0.1, -0.05) is 60.7 Å². The molecular formula is C26H19N3. The van der Waals surface area contributed by atoms with Crippen LogP contribution in [0.2, 0.25) is 0 Å². The molecule has 0 fully saturated rings. The van der Waals surface area contributed by atoms with Crippen LogP contribution in [0.5, 0.6) is 0 Å². The number of H-pyrrole nitrogens is 1. The van der Waals surface area contributed by atoms with Gasteiger partial charge < -0.3 is 4.98 Å². The van der Waals surface area contributed by atoms with Gasteiger partial charge in [-0.25, -0.2) is 0 Å². The van der Waals surface area contributed by atoms with Gasteiger partial charge in [-0.15, -0.1) is 0 Å². The second kappa shape index (κ2) is 7.56. The zero-order chi connectivity index (χ0) is 19.5. The second-order valence-electron chi connectivity index (χ2n) is 6.92. The van der Waals surface area contributed by atoms with Crippen LogP contribution in [0.15, 0.2) is 107 Å². The molecule has 3 heteroatoms. The van der Waals surface area contributed by atoms with E-state index < -0.39 is 0 Å². The summed E-state index contributed by atoms with van der Waals surface area (Å²) in [5, 5.41) is 2.30. The Kier molecular flexibility index (Phi) is 4.47. The minimum atomic E-state index is 0.931. The standard InChI is InChI=1S/C26H19N3/c1-3-7-19(8-4-1)17-27-21-11-13-25-23(15-21)24-16-22(12-14-26(24)29-25)28-18-20-9-5-2-6-10-20/h1-18,29H. The number of nitrogens with one attached hydrogen (secondary N) is 1. The van der Waals surface area contributed by atoms with E-state index in [1.165, 1.54) is 0 Å². The van der Waals surface area contributed by atoms with Gasteiger partial charge >= 0.3 is 0 Å². The number of hydrogen-bond acceptors (Lipinski definition) is 2. The molecule has 0 spiro atoms. The van der Waals surface area contributed by atoms with E-state index >= 15 is 0 Å². The molecule has 0 radical (unpaired) electrons. The first kappa shape index (κ1) is 17.1. The predicted molar refractivity (Wildman–Crippen MR) is 123 cm³/mol. The molecule has 0 saturated carbocycles. The summed E-state index contributed by atoms with van der Waals surface area (Å²) in [6.45, 7) is 0. The molecule has 0 aliphatic heterocycles. The van der Waals surface area contributed by atoms with Crippen molar-refractivity contribution in [2.45, 2.75) is 0 Å². The molecular weight excluding hydrogens is 354 g/mol. The van der Waals surface area contributed by atoms with Crippen molar-refractivity contribution < 1.29 is 0 Å². The van der Waals surface area contributed by atoms with E-state index in [-0.39, 0.29) is 0 Å². The molecule has 0 amide bonds. The van der Waals surface area contributed by atoms with Crippen LogP contribution >= 0.6 is 0 Å². The number of aliphatic imine (C=N–C) groups is 2. The molecule has 0 atom stereocenters. The maximum atomic E-state index is 4.64. The Labute approximate surface area is 169 Å². The van der Waals surface area contributed by atoms with Crippen LogP contribution in [-0.4, -0.2) is 17.4 Å². The van der Waals surface area contributed by atoms with Gasteiger partial charge in [-0.2, -0.15) is 0 Å². The smallest absolute Gasteiger partial charge is 0.0637 e. The van der Waals surface area contributed by atoms with Gasteiger partial charge in [0.15, 0.2) is 0 Å². The summed E-state index contributed by atoms with van der Waals surface area (Å²) >= 11 is 0. The molecule has 0 aliphatic rings. The molecule has 1 heterocycles. The lowest BCUT2D eigenvalue weighted by Crippen LogP contribution is -1.78. The molecule has 1 aromatic heterocycles. The van der Waals surface area contributed by atoms with E-state index in [1.54, 1.807) is 0 Å². The quantitative estimate of drug-likeness (QED) is 0.336. The average Bonchev–Trinajstić information content (AvgIpc) is 3.15. The molecule has 29 heavy (non-hydrogen) atoms. The topological polar surface area (TPSA) is 40.5 Å². The lowest BCUT2D eigenvalue weighted by molar-refractivity contribution is 1.51. The molecule has 0 saturated heterocycles. The first-order valence-electron chi connectivity index (χ1n) is 9.59. The summed E-state index contributed by atoms with van der Waals surface area (Å²) in [7, 11) is 0. The van der Waals surface area contributed by atoms with Crippen LogP contribution in [0.1, 0.15) is 11.1 Å². The zero-order valence-corrected chi connectivity index (χ0v) is 15.8. The van der Waals surface area contributed by atoms with Gasteiger partial charge in [0.2, 0.25) is 0 Å². The Morgan fingerprint density at radius 1 is 0.517 bits per heavy atom. The van der Waals surface area contributed by atoms with Crippen molar-refractivity contribution in [2.75, 3.05) is 0 Å². The number of fused-ring (bicyclic) bond motifs is 3. The van der Waals surface area contributed by atoms with Crippen molar-refractivity contribution in [1.82, 2.24) is 4.98 Å². The summed E-state index contributed by atoms with van der Waals surface area (Å²) in [6.07, 6.45) is 3.79. The van der Waals surface area contributed by atoms with Gasteiger partial charge in [0, 0.05) is 34.2 Å². The van der Waals surface area contributed by atoms with E-state index in [4.69, 9.17) is 0 Å². The van der Waals surface area contributed by atoms with Crippen LogP contribution in [0.4, 0.5) is 11.4 Å². The van der Waals surface area contributed by atoms with Crippen molar-refractivity contribution in [3.8, 4) is 0 Å². The fourth-order valence-electron chi connectivity index (χ4n) is 3.41. The van der Waals surface area contributed by atoms with Gasteiger partial charge in [0.25, 0.3) is 0 Å². The Morgan fingerprint density at radius 2 is 0.966 bits per heavy atom. The maximum Gasteiger partial charge on any atom is 0.0637 e. The summed E-state index contributed by atoms with van der Waals surface area (Å²) in [6, 6.07) is 32.7. The van der Waals surface area contributed by atoms with E-state index in [9.17, 15) is 0 Å². The molecule has 138 valence electrons. The molecule has 4 aromatic carbocycles. The first-order valence-corrected chi connectivity index (χ1v) is 9.59. The molecule has 0 unspecified atom stereocenters. The predicted octanol–water partition coefficient (Wildman–Crippen LogP) is 6.82.